The monoisotopic (exact) mass is 345 g/mol. The van der Waals surface area contributed by atoms with Crippen LogP contribution in [0.5, 0.6) is 0 Å². The standard InChI is InChI=1S/C20H19N5O/c1-25-12-22-24-18(25)14-8-15(11-21-10-14)23-19(26)17-9-20(17)7-6-13-4-2-3-5-16(13)20/h2-5,8,10-12,17H,6-7,9H2,1H3,(H,23,26)/t17-,20+/m0/s1. The molecule has 0 bridgehead atoms. The number of carbonyl (C=O) groups is 1. The van der Waals surface area contributed by atoms with Gasteiger partial charge in [0.1, 0.15) is 6.33 Å². The van der Waals surface area contributed by atoms with Gasteiger partial charge in [-0.1, -0.05) is 24.3 Å². The van der Waals surface area contributed by atoms with Gasteiger partial charge in [0.15, 0.2) is 5.82 Å². The predicted molar refractivity (Wildman–Crippen MR) is 97.4 cm³/mol. The zero-order chi connectivity index (χ0) is 17.7. The molecule has 2 aliphatic carbocycles. The van der Waals surface area contributed by atoms with E-state index >= 15 is 0 Å². The summed E-state index contributed by atoms with van der Waals surface area (Å²) in [5.41, 5.74) is 4.35. The van der Waals surface area contributed by atoms with Crippen molar-refractivity contribution in [2.24, 2.45) is 13.0 Å². The van der Waals surface area contributed by atoms with Gasteiger partial charge in [0, 0.05) is 30.1 Å². The number of nitrogens with one attached hydrogen (secondary N) is 1. The van der Waals surface area contributed by atoms with E-state index in [9.17, 15) is 4.79 Å². The molecule has 1 saturated carbocycles. The number of rotatable bonds is 3. The quantitative estimate of drug-likeness (QED) is 0.792. The Morgan fingerprint density at radius 3 is 3.04 bits per heavy atom. The fourth-order valence-corrected chi connectivity index (χ4v) is 4.34. The number of nitrogens with zero attached hydrogens (tertiary/aromatic N) is 4. The summed E-state index contributed by atoms with van der Waals surface area (Å²) in [7, 11) is 1.88. The maximum atomic E-state index is 12.8. The van der Waals surface area contributed by atoms with Crippen molar-refractivity contribution in [1.29, 1.82) is 0 Å². The van der Waals surface area contributed by atoms with Crippen LogP contribution >= 0.6 is 0 Å². The lowest BCUT2D eigenvalue weighted by Crippen LogP contribution is -2.19. The van der Waals surface area contributed by atoms with Gasteiger partial charge in [0.2, 0.25) is 5.91 Å². The smallest absolute Gasteiger partial charge is 0.228 e. The maximum absolute atomic E-state index is 12.8. The first-order valence-corrected chi connectivity index (χ1v) is 8.86. The van der Waals surface area contributed by atoms with E-state index in [0.29, 0.717) is 5.69 Å². The Morgan fingerprint density at radius 2 is 2.19 bits per heavy atom. The van der Waals surface area contributed by atoms with Crippen LogP contribution < -0.4 is 5.32 Å². The zero-order valence-electron chi connectivity index (χ0n) is 14.5. The third-order valence-electron chi connectivity index (χ3n) is 5.76. The highest BCUT2D eigenvalue weighted by molar-refractivity contribution is 5.96. The van der Waals surface area contributed by atoms with Crippen LogP contribution in [0.4, 0.5) is 5.69 Å². The number of aromatic nitrogens is 4. The molecule has 1 amide bonds. The average Bonchev–Trinajstić information content (AvgIpc) is 3.05. The Hall–Kier alpha value is -3.02. The molecule has 2 heterocycles. The van der Waals surface area contributed by atoms with Gasteiger partial charge in [-0.2, -0.15) is 0 Å². The largest absolute Gasteiger partial charge is 0.324 e. The van der Waals surface area contributed by atoms with E-state index in [2.05, 4.69) is 44.8 Å². The number of anilines is 1. The zero-order valence-corrected chi connectivity index (χ0v) is 14.5. The van der Waals surface area contributed by atoms with Crippen LogP contribution in [-0.4, -0.2) is 25.7 Å². The van der Waals surface area contributed by atoms with Crippen LogP contribution in [0.1, 0.15) is 24.0 Å². The number of fused-ring (bicyclic) bond motifs is 2. The summed E-state index contributed by atoms with van der Waals surface area (Å²) in [5.74, 6) is 0.851. The molecule has 2 aliphatic rings. The second-order valence-corrected chi connectivity index (χ2v) is 7.29. The van der Waals surface area contributed by atoms with Crippen LogP contribution in [0.2, 0.25) is 0 Å². The van der Waals surface area contributed by atoms with Crippen molar-refractivity contribution < 1.29 is 4.79 Å². The van der Waals surface area contributed by atoms with E-state index in [1.54, 1.807) is 18.7 Å². The first-order chi connectivity index (χ1) is 12.7. The summed E-state index contributed by atoms with van der Waals surface area (Å²) >= 11 is 0. The number of benzene rings is 1. The summed E-state index contributed by atoms with van der Waals surface area (Å²) in [4.78, 5) is 17.1. The lowest BCUT2D eigenvalue weighted by molar-refractivity contribution is -0.117. The highest BCUT2D eigenvalue weighted by Crippen LogP contribution is 2.61. The molecule has 26 heavy (non-hydrogen) atoms. The van der Waals surface area contributed by atoms with Gasteiger partial charge in [-0.15, -0.1) is 10.2 Å². The molecule has 1 spiro atoms. The normalized spacial score (nSPS) is 23.0. The summed E-state index contributed by atoms with van der Waals surface area (Å²) in [6.07, 6.45) is 8.13. The minimum absolute atomic E-state index is 0.0460. The number of amides is 1. The number of hydrogen-bond donors (Lipinski definition) is 1. The third kappa shape index (κ3) is 2.25. The molecule has 0 aliphatic heterocycles. The Balaban J connectivity index is 1.36. The van der Waals surface area contributed by atoms with Crippen molar-refractivity contribution in [2.45, 2.75) is 24.7 Å². The fourth-order valence-electron chi connectivity index (χ4n) is 4.34. The summed E-state index contributed by atoms with van der Waals surface area (Å²) < 4.78 is 1.83. The highest BCUT2D eigenvalue weighted by atomic mass is 16.2. The van der Waals surface area contributed by atoms with Gasteiger partial charge >= 0.3 is 0 Å². The van der Waals surface area contributed by atoms with Crippen molar-refractivity contribution in [3.05, 3.63) is 60.2 Å². The van der Waals surface area contributed by atoms with Crippen molar-refractivity contribution >= 4 is 11.6 Å². The molecule has 2 aromatic heterocycles. The van der Waals surface area contributed by atoms with Gasteiger partial charge < -0.3 is 9.88 Å². The van der Waals surface area contributed by atoms with Gasteiger partial charge in [-0.25, -0.2) is 0 Å². The summed E-state index contributed by atoms with van der Waals surface area (Å²) in [5, 5.41) is 11.0. The second-order valence-electron chi connectivity index (χ2n) is 7.29. The van der Waals surface area contributed by atoms with Gasteiger partial charge in [0.25, 0.3) is 0 Å². The predicted octanol–water partition coefficient (Wildman–Crippen LogP) is 2.72. The summed E-state index contributed by atoms with van der Waals surface area (Å²) in [6, 6.07) is 10.4. The number of aryl methyl sites for hydroxylation is 2. The molecule has 0 radical (unpaired) electrons. The summed E-state index contributed by atoms with van der Waals surface area (Å²) in [6.45, 7) is 0. The van der Waals surface area contributed by atoms with Gasteiger partial charge in [-0.3, -0.25) is 9.78 Å². The minimum Gasteiger partial charge on any atom is -0.324 e. The van der Waals surface area contributed by atoms with Crippen molar-refractivity contribution in [3.8, 4) is 11.4 Å². The van der Waals surface area contributed by atoms with Gasteiger partial charge in [-0.05, 0) is 36.5 Å². The molecule has 1 fully saturated rings. The van der Waals surface area contributed by atoms with Crippen LogP contribution in [0.25, 0.3) is 11.4 Å². The Kier molecular flexibility index (Phi) is 3.22. The van der Waals surface area contributed by atoms with Crippen LogP contribution in [-0.2, 0) is 23.7 Å². The molecule has 1 aromatic carbocycles. The molecule has 2 atom stereocenters. The van der Waals surface area contributed by atoms with E-state index in [1.807, 2.05) is 17.7 Å². The molecular weight excluding hydrogens is 326 g/mol. The van der Waals surface area contributed by atoms with Crippen molar-refractivity contribution in [3.63, 3.8) is 0 Å². The molecule has 1 N–H and O–H groups in total. The molecule has 3 aromatic rings. The molecule has 5 rings (SSSR count). The van der Waals surface area contributed by atoms with E-state index in [-0.39, 0.29) is 17.2 Å². The van der Waals surface area contributed by atoms with E-state index in [4.69, 9.17) is 0 Å². The Bertz CT molecular complexity index is 1010. The third-order valence-corrected chi connectivity index (χ3v) is 5.76. The van der Waals surface area contributed by atoms with Crippen LogP contribution in [0.3, 0.4) is 0 Å². The first kappa shape index (κ1) is 15.3. The van der Waals surface area contributed by atoms with Crippen molar-refractivity contribution in [2.75, 3.05) is 5.32 Å². The minimum atomic E-state index is 0.0460. The SMILES string of the molecule is Cn1cnnc1-c1cncc(NC(=O)[C@@H]2C[C@@]23CCc2ccccc23)c1. The number of hydrogen-bond acceptors (Lipinski definition) is 4. The van der Waals surface area contributed by atoms with E-state index in [1.165, 1.54) is 11.1 Å². The molecular formula is C20H19N5O. The molecule has 130 valence electrons. The van der Waals surface area contributed by atoms with E-state index in [0.717, 1.165) is 30.7 Å². The molecule has 6 nitrogen and oxygen atoms in total. The lowest BCUT2D eigenvalue weighted by atomic mass is 9.95. The average molecular weight is 345 g/mol. The Labute approximate surface area is 151 Å². The Morgan fingerprint density at radius 1 is 1.31 bits per heavy atom. The second kappa shape index (κ2) is 5.49. The van der Waals surface area contributed by atoms with Gasteiger partial charge in [0.05, 0.1) is 11.9 Å². The topological polar surface area (TPSA) is 72.7 Å². The van der Waals surface area contributed by atoms with Crippen molar-refractivity contribution in [1.82, 2.24) is 19.7 Å². The van der Waals surface area contributed by atoms with E-state index < -0.39 is 0 Å². The molecule has 0 unspecified atom stereocenters. The molecule has 6 heteroatoms. The van der Waals surface area contributed by atoms with Crippen LogP contribution in [0, 0.1) is 5.92 Å². The number of carbonyl (C=O) groups excluding carboxylic acids is 1. The number of pyridine rings is 1. The lowest BCUT2D eigenvalue weighted by Gasteiger charge is -2.12. The highest BCUT2D eigenvalue weighted by Gasteiger charge is 2.61. The fraction of sp³-hybridized carbons (Fsp3) is 0.300. The first-order valence-electron chi connectivity index (χ1n) is 8.86. The van der Waals surface area contributed by atoms with Crippen LogP contribution in [0.15, 0.2) is 49.1 Å². The molecule has 0 saturated heterocycles. The maximum Gasteiger partial charge on any atom is 0.228 e.